The predicted octanol–water partition coefficient (Wildman–Crippen LogP) is 1.99. The van der Waals surface area contributed by atoms with Gasteiger partial charge < -0.3 is 4.74 Å². The van der Waals surface area contributed by atoms with Gasteiger partial charge in [0.2, 0.25) is 0 Å². The van der Waals surface area contributed by atoms with Crippen molar-refractivity contribution in [2.45, 2.75) is 26.3 Å². The molecule has 1 atom stereocenters. The van der Waals surface area contributed by atoms with Crippen molar-refractivity contribution in [3.8, 4) is 0 Å². The summed E-state index contributed by atoms with van der Waals surface area (Å²) < 4.78 is 6.88. The highest BCUT2D eigenvalue weighted by atomic mass is 16.5. The Bertz CT molecular complexity index is 537. The van der Waals surface area contributed by atoms with Gasteiger partial charge in [-0.3, -0.25) is 4.79 Å². The molecule has 0 saturated carbocycles. The number of aromatic nitrogens is 3. The maximum Gasteiger partial charge on any atom is 0.321 e. The highest BCUT2D eigenvalue weighted by Gasteiger charge is 2.28. The Morgan fingerprint density at radius 3 is 2.68 bits per heavy atom. The third-order valence-corrected chi connectivity index (χ3v) is 2.86. The molecule has 5 nitrogen and oxygen atoms in total. The van der Waals surface area contributed by atoms with Crippen molar-refractivity contribution >= 4 is 5.97 Å². The van der Waals surface area contributed by atoms with Gasteiger partial charge >= 0.3 is 5.97 Å². The van der Waals surface area contributed by atoms with Gasteiger partial charge in [0.1, 0.15) is 18.1 Å². The van der Waals surface area contributed by atoms with Gasteiger partial charge in [0.05, 0.1) is 6.61 Å². The summed E-state index contributed by atoms with van der Waals surface area (Å²) >= 11 is 0. The van der Waals surface area contributed by atoms with Crippen molar-refractivity contribution in [1.29, 1.82) is 0 Å². The monoisotopic (exact) mass is 259 g/mol. The summed E-state index contributed by atoms with van der Waals surface area (Å²) in [6, 6.07) is 9.51. The van der Waals surface area contributed by atoms with Crippen LogP contribution in [-0.4, -0.2) is 27.3 Å². The third-order valence-electron chi connectivity index (χ3n) is 2.86. The number of hydrogen-bond acceptors (Lipinski definition) is 4. The molecule has 0 bridgehead atoms. The van der Waals surface area contributed by atoms with Crippen LogP contribution < -0.4 is 0 Å². The van der Waals surface area contributed by atoms with E-state index in [4.69, 9.17) is 4.74 Å². The van der Waals surface area contributed by atoms with Crippen LogP contribution in [0.4, 0.5) is 0 Å². The van der Waals surface area contributed by atoms with Gasteiger partial charge in [-0.05, 0) is 19.4 Å². The van der Waals surface area contributed by atoms with E-state index >= 15 is 0 Å². The summed E-state index contributed by atoms with van der Waals surface area (Å²) in [6.45, 7) is 4.77. The zero-order valence-electron chi connectivity index (χ0n) is 11.1. The Labute approximate surface area is 112 Å². The van der Waals surface area contributed by atoms with Crippen molar-refractivity contribution in [3.05, 3.63) is 48.0 Å². The van der Waals surface area contributed by atoms with Crippen LogP contribution in [-0.2, 0) is 16.1 Å². The average Bonchev–Trinajstić information content (AvgIpc) is 2.89. The summed E-state index contributed by atoms with van der Waals surface area (Å²) in [5.41, 5.74) is 0.864. The minimum atomic E-state index is -0.524. The number of rotatable bonds is 5. The number of carbonyl (C=O) groups is 1. The van der Waals surface area contributed by atoms with Crippen LogP contribution in [0.3, 0.4) is 0 Å². The molecule has 0 fully saturated rings. The lowest BCUT2D eigenvalue weighted by atomic mass is 9.98. The summed E-state index contributed by atoms with van der Waals surface area (Å²) in [7, 11) is 0. The molecule has 0 spiro atoms. The maximum absolute atomic E-state index is 12.2. The number of ether oxygens (including phenoxy) is 1. The fraction of sp³-hybridized carbons (Fsp3) is 0.357. The Morgan fingerprint density at radius 1 is 1.32 bits per heavy atom. The number of esters is 1. The average molecular weight is 259 g/mol. The summed E-state index contributed by atoms with van der Waals surface area (Å²) in [5, 5.41) is 4.12. The molecule has 1 aromatic heterocycles. The molecule has 0 amide bonds. The van der Waals surface area contributed by atoms with Crippen LogP contribution in [0, 0.1) is 0 Å². The first-order valence-electron chi connectivity index (χ1n) is 6.37. The zero-order valence-corrected chi connectivity index (χ0v) is 11.1. The lowest BCUT2D eigenvalue weighted by Crippen LogP contribution is -2.21. The maximum atomic E-state index is 12.2. The van der Waals surface area contributed by atoms with E-state index in [1.807, 2.05) is 37.3 Å². The molecule has 0 saturated heterocycles. The summed E-state index contributed by atoms with van der Waals surface area (Å²) in [4.78, 5) is 16.4. The van der Waals surface area contributed by atoms with E-state index in [-0.39, 0.29) is 5.97 Å². The van der Waals surface area contributed by atoms with E-state index in [1.165, 1.54) is 6.33 Å². The molecule has 0 N–H and O–H groups in total. The van der Waals surface area contributed by atoms with E-state index < -0.39 is 5.92 Å². The lowest BCUT2D eigenvalue weighted by molar-refractivity contribution is -0.144. The first kappa shape index (κ1) is 13.3. The Balaban J connectivity index is 2.43. The van der Waals surface area contributed by atoms with Gasteiger partial charge in [-0.2, -0.15) is 5.10 Å². The van der Waals surface area contributed by atoms with Crippen molar-refractivity contribution in [3.63, 3.8) is 0 Å². The molecule has 1 unspecified atom stereocenters. The fourth-order valence-corrected chi connectivity index (χ4v) is 2.00. The summed E-state index contributed by atoms with van der Waals surface area (Å²) in [5.74, 6) is -0.202. The molecule has 0 radical (unpaired) electrons. The second-order valence-corrected chi connectivity index (χ2v) is 4.03. The quantitative estimate of drug-likeness (QED) is 0.770. The Morgan fingerprint density at radius 2 is 2.05 bits per heavy atom. The third kappa shape index (κ3) is 2.81. The molecule has 2 rings (SSSR count). The van der Waals surface area contributed by atoms with Crippen molar-refractivity contribution in [2.75, 3.05) is 6.61 Å². The van der Waals surface area contributed by atoms with Crippen LogP contribution in [0.5, 0.6) is 0 Å². The van der Waals surface area contributed by atoms with Crippen molar-refractivity contribution < 1.29 is 9.53 Å². The van der Waals surface area contributed by atoms with Crippen molar-refractivity contribution in [1.82, 2.24) is 14.8 Å². The van der Waals surface area contributed by atoms with Crippen LogP contribution in [0.2, 0.25) is 0 Å². The van der Waals surface area contributed by atoms with Crippen LogP contribution >= 0.6 is 0 Å². The molecule has 0 aliphatic rings. The number of nitrogens with zero attached hydrogens (tertiary/aromatic N) is 3. The normalized spacial score (nSPS) is 12.1. The highest BCUT2D eigenvalue weighted by Crippen LogP contribution is 2.24. The zero-order chi connectivity index (χ0) is 13.7. The molecular weight excluding hydrogens is 242 g/mol. The SMILES string of the molecule is CCOC(=O)C(c1ccccc1)c1ncnn1CC. The standard InChI is InChI=1S/C14H17N3O2/c1-3-17-13(15-10-16-17)12(14(18)19-4-2)11-8-6-5-7-9-11/h5-10,12H,3-4H2,1-2H3. The summed E-state index contributed by atoms with van der Waals surface area (Å²) in [6.07, 6.45) is 1.47. The lowest BCUT2D eigenvalue weighted by Gasteiger charge is -2.15. The van der Waals surface area contributed by atoms with E-state index in [0.717, 1.165) is 5.56 Å². The molecule has 1 heterocycles. The second kappa shape index (κ2) is 6.13. The first-order chi connectivity index (χ1) is 9.27. The predicted molar refractivity (Wildman–Crippen MR) is 70.6 cm³/mol. The van der Waals surface area contributed by atoms with Gasteiger partial charge in [0.25, 0.3) is 0 Å². The molecule has 0 aliphatic carbocycles. The molecule has 2 aromatic rings. The van der Waals surface area contributed by atoms with Gasteiger partial charge in [-0.1, -0.05) is 30.3 Å². The largest absolute Gasteiger partial charge is 0.465 e. The minimum Gasteiger partial charge on any atom is -0.465 e. The molecule has 19 heavy (non-hydrogen) atoms. The van der Waals surface area contributed by atoms with Gasteiger partial charge in [0.15, 0.2) is 0 Å². The number of aryl methyl sites for hydroxylation is 1. The minimum absolute atomic E-state index is 0.295. The number of carbonyl (C=O) groups excluding carboxylic acids is 1. The number of hydrogen-bond donors (Lipinski definition) is 0. The second-order valence-electron chi connectivity index (χ2n) is 4.03. The van der Waals surface area contributed by atoms with Crippen LogP contribution in [0.1, 0.15) is 31.2 Å². The van der Waals surface area contributed by atoms with Crippen LogP contribution in [0.15, 0.2) is 36.7 Å². The van der Waals surface area contributed by atoms with Gasteiger partial charge in [-0.25, -0.2) is 9.67 Å². The fourth-order valence-electron chi connectivity index (χ4n) is 2.00. The van der Waals surface area contributed by atoms with E-state index in [0.29, 0.717) is 19.0 Å². The molecule has 100 valence electrons. The van der Waals surface area contributed by atoms with Gasteiger partial charge in [0, 0.05) is 6.54 Å². The molecular formula is C14H17N3O2. The van der Waals surface area contributed by atoms with Gasteiger partial charge in [-0.15, -0.1) is 0 Å². The Hall–Kier alpha value is -2.17. The number of benzene rings is 1. The Kier molecular flexibility index (Phi) is 4.28. The first-order valence-corrected chi connectivity index (χ1v) is 6.37. The molecule has 5 heteroatoms. The van der Waals surface area contributed by atoms with Crippen molar-refractivity contribution in [2.24, 2.45) is 0 Å². The van der Waals surface area contributed by atoms with E-state index in [2.05, 4.69) is 10.1 Å². The molecule has 1 aromatic carbocycles. The van der Waals surface area contributed by atoms with Crippen LogP contribution in [0.25, 0.3) is 0 Å². The molecule has 0 aliphatic heterocycles. The highest BCUT2D eigenvalue weighted by molar-refractivity contribution is 5.81. The topological polar surface area (TPSA) is 57.0 Å². The van der Waals surface area contributed by atoms with E-state index in [9.17, 15) is 4.79 Å². The smallest absolute Gasteiger partial charge is 0.321 e. The van der Waals surface area contributed by atoms with E-state index in [1.54, 1.807) is 11.6 Å².